The van der Waals surface area contributed by atoms with Crippen molar-refractivity contribution in [2.45, 2.75) is 12.7 Å². The molecule has 0 atom stereocenters. The van der Waals surface area contributed by atoms with Gasteiger partial charge in [-0.25, -0.2) is 13.2 Å². The smallest absolute Gasteiger partial charge is 0.274 e. The van der Waals surface area contributed by atoms with Gasteiger partial charge in [0.2, 0.25) is 0 Å². The van der Waals surface area contributed by atoms with Gasteiger partial charge in [0.05, 0.1) is 5.56 Å². The fraction of sp³-hybridized carbons (Fsp3) is 0.188. The number of aromatic nitrogens is 1. The van der Waals surface area contributed by atoms with Gasteiger partial charge in [0.1, 0.15) is 11.4 Å². The second-order valence-electron chi connectivity index (χ2n) is 4.86. The molecule has 0 radical (unpaired) electrons. The lowest BCUT2D eigenvalue weighted by atomic mass is 10.1. The van der Waals surface area contributed by atoms with Gasteiger partial charge in [0.25, 0.3) is 5.91 Å². The number of rotatable bonds is 5. The van der Waals surface area contributed by atoms with Gasteiger partial charge in [0.15, 0.2) is 23.2 Å². The molecule has 0 bridgehead atoms. The third-order valence-electron chi connectivity index (χ3n) is 3.18. The Hall–Kier alpha value is -2.35. The van der Waals surface area contributed by atoms with Gasteiger partial charge in [0, 0.05) is 11.9 Å². The molecule has 24 heavy (non-hydrogen) atoms. The van der Waals surface area contributed by atoms with Crippen LogP contribution in [0.4, 0.5) is 18.9 Å². The van der Waals surface area contributed by atoms with E-state index in [1.165, 1.54) is 18.0 Å². The highest BCUT2D eigenvalue weighted by molar-refractivity contribution is 7.97. The van der Waals surface area contributed by atoms with E-state index in [-0.39, 0.29) is 5.69 Å². The van der Waals surface area contributed by atoms with Crippen LogP contribution in [0.5, 0.6) is 0 Å². The number of thioether (sulfide) groups is 1. The molecule has 0 spiro atoms. The summed E-state index contributed by atoms with van der Waals surface area (Å²) >= 11 is 1.44. The Balaban J connectivity index is 2.40. The van der Waals surface area contributed by atoms with Gasteiger partial charge in [-0.15, -0.1) is 0 Å². The Morgan fingerprint density at radius 1 is 1.25 bits per heavy atom. The van der Waals surface area contributed by atoms with Crippen molar-refractivity contribution < 1.29 is 22.8 Å². The quantitative estimate of drug-likeness (QED) is 0.655. The molecular formula is C16H13F3N2O2S. The predicted octanol–water partition coefficient (Wildman–Crippen LogP) is 3.82. The summed E-state index contributed by atoms with van der Waals surface area (Å²) in [6, 6.07) is 3.84. The molecule has 1 N–H and O–H groups in total. The molecule has 8 heteroatoms. The van der Waals surface area contributed by atoms with Crippen LogP contribution in [0.1, 0.15) is 33.3 Å². The molecule has 0 saturated carbocycles. The Labute approximate surface area is 140 Å². The molecule has 1 aromatic carbocycles. The lowest BCUT2D eigenvalue weighted by Crippen LogP contribution is -2.19. The van der Waals surface area contributed by atoms with E-state index >= 15 is 0 Å². The average Bonchev–Trinajstić information content (AvgIpc) is 2.55. The fourth-order valence-electron chi connectivity index (χ4n) is 2.05. The Kier molecular flexibility index (Phi) is 5.61. The van der Waals surface area contributed by atoms with Gasteiger partial charge in [-0.2, -0.15) is 11.8 Å². The summed E-state index contributed by atoms with van der Waals surface area (Å²) in [6.45, 7) is 0.984. The number of hydrogen-bond donors (Lipinski definition) is 1. The summed E-state index contributed by atoms with van der Waals surface area (Å²) < 4.78 is 41.8. The van der Waals surface area contributed by atoms with Crippen molar-refractivity contribution in [3.8, 4) is 0 Å². The van der Waals surface area contributed by atoms with E-state index in [0.29, 0.717) is 17.4 Å². The third-order valence-corrected chi connectivity index (χ3v) is 3.78. The minimum Gasteiger partial charge on any atom is -0.316 e. The first-order valence-corrected chi connectivity index (χ1v) is 8.18. The number of hydrogen-bond acceptors (Lipinski definition) is 4. The van der Waals surface area contributed by atoms with Crippen LogP contribution < -0.4 is 5.32 Å². The zero-order valence-corrected chi connectivity index (χ0v) is 13.6. The van der Waals surface area contributed by atoms with Gasteiger partial charge in [-0.05, 0) is 30.9 Å². The topological polar surface area (TPSA) is 59.1 Å². The van der Waals surface area contributed by atoms with Crippen molar-refractivity contribution in [2.24, 2.45) is 0 Å². The summed E-state index contributed by atoms with van der Waals surface area (Å²) in [5.74, 6) is -5.60. The molecule has 2 rings (SSSR count). The maximum absolute atomic E-state index is 14.0. The van der Waals surface area contributed by atoms with Gasteiger partial charge in [-0.1, -0.05) is 6.07 Å². The first-order valence-electron chi connectivity index (χ1n) is 6.79. The van der Waals surface area contributed by atoms with E-state index in [1.54, 1.807) is 12.1 Å². The summed E-state index contributed by atoms with van der Waals surface area (Å²) in [5.41, 5.74) is -1.11. The molecule has 0 saturated heterocycles. The predicted molar refractivity (Wildman–Crippen MR) is 85.7 cm³/mol. The van der Waals surface area contributed by atoms with Crippen molar-refractivity contribution in [3.05, 3.63) is 58.7 Å². The van der Waals surface area contributed by atoms with Crippen LogP contribution in [-0.4, -0.2) is 22.9 Å². The van der Waals surface area contributed by atoms with E-state index in [1.807, 2.05) is 11.6 Å². The average molecular weight is 354 g/mol. The molecule has 0 unspecified atom stereocenters. The number of carbonyl (C=O) groups excluding carboxylic acids is 2. The summed E-state index contributed by atoms with van der Waals surface area (Å²) in [4.78, 5) is 27.3. The monoisotopic (exact) mass is 354 g/mol. The number of benzene rings is 1. The number of amides is 1. The van der Waals surface area contributed by atoms with E-state index < -0.39 is 40.4 Å². The molecular weight excluding hydrogens is 341 g/mol. The summed E-state index contributed by atoms with van der Waals surface area (Å²) in [7, 11) is 0. The van der Waals surface area contributed by atoms with Crippen LogP contribution in [0, 0.1) is 17.5 Å². The van der Waals surface area contributed by atoms with Gasteiger partial charge >= 0.3 is 0 Å². The van der Waals surface area contributed by atoms with Gasteiger partial charge < -0.3 is 5.32 Å². The molecule has 1 heterocycles. The SMILES string of the molecule is CSCc1cccnc1C(=O)Nc1c(F)cc(C(C)=O)c(F)c1F. The lowest BCUT2D eigenvalue weighted by molar-refractivity contribution is 0.100. The van der Waals surface area contributed by atoms with Crippen LogP contribution in [0.3, 0.4) is 0 Å². The normalized spacial score (nSPS) is 10.5. The molecule has 0 fully saturated rings. The maximum atomic E-state index is 14.0. The molecule has 0 aliphatic rings. The molecule has 0 aliphatic carbocycles. The molecule has 0 aliphatic heterocycles. The van der Waals surface area contributed by atoms with Crippen molar-refractivity contribution in [1.82, 2.24) is 4.98 Å². The zero-order chi connectivity index (χ0) is 17.9. The van der Waals surface area contributed by atoms with Crippen LogP contribution in [0.25, 0.3) is 0 Å². The third kappa shape index (κ3) is 3.59. The van der Waals surface area contributed by atoms with Crippen LogP contribution in [0.2, 0.25) is 0 Å². The van der Waals surface area contributed by atoms with Crippen LogP contribution in [-0.2, 0) is 5.75 Å². The number of carbonyl (C=O) groups is 2. The van der Waals surface area contributed by atoms with Crippen LogP contribution in [0.15, 0.2) is 24.4 Å². The van der Waals surface area contributed by atoms with E-state index in [9.17, 15) is 22.8 Å². The number of pyridine rings is 1. The largest absolute Gasteiger partial charge is 0.316 e. The van der Waals surface area contributed by atoms with Crippen molar-refractivity contribution >= 4 is 29.1 Å². The Morgan fingerprint density at radius 3 is 2.58 bits per heavy atom. The highest BCUT2D eigenvalue weighted by atomic mass is 32.2. The first-order chi connectivity index (χ1) is 11.4. The van der Waals surface area contributed by atoms with Crippen molar-refractivity contribution in [3.63, 3.8) is 0 Å². The Bertz CT molecular complexity index is 812. The molecule has 4 nitrogen and oxygen atoms in total. The summed E-state index contributed by atoms with van der Waals surface area (Å²) in [6.07, 6.45) is 3.19. The fourth-order valence-corrected chi connectivity index (χ4v) is 2.60. The lowest BCUT2D eigenvalue weighted by Gasteiger charge is -2.11. The molecule has 1 aromatic heterocycles. The highest BCUT2D eigenvalue weighted by Crippen LogP contribution is 2.26. The van der Waals surface area contributed by atoms with E-state index in [4.69, 9.17) is 0 Å². The number of anilines is 1. The second kappa shape index (κ2) is 7.48. The second-order valence-corrected chi connectivity index (χ2v) is 5.73. The molecule has 1 amide bonds. The van der Waals surface area contributed by atoms with E-state index in [0.717, 1.165) is 6.92 Å². The summed E-state index contributed by atoms with van der Waals surface area (Å²) in [5, 5.41) is 1.99. The van der Waals surface area contributed by atoms with Crippen molar-refractivity contribution in [2.75, 3.05) is 11.6 Å². The standard InChI is InChI=1S/C16H13F3N2O2S/c1-8(22)10-6-11(17)15(13(19)12(10)18)21-16(23)14-9(7-24-2)4-3-5-20-14/h3-6H,7H2,1-2H3,(H,21,23). The number of halogens is 3. The first kappa shape index (κ1) is 18.0. The molecule has 126 valence electrons. The maximum Gasteiger partial charge on any atom is 0.274 e. The van der Waals surface area contributed by atoms with Gasteiger partial charge in [-0.3, -0.25) is 14.6 Å². The minimum absolute atomic E-state index is 0.0123. The molecule has 2 aromatic rings. The van der Waals surface area contributed by atoms with E-state index in [2.05, 4.69) is 4.98 Å². The zero-order valence-electron chi connectivity index (χ0n) is 12.8. The Morgan fingerprint density at radius 2 is 1.96 bits per heavy atom. The van der Waals surface area contributed by atoms with Crippen LogP contribution >= 0.6 is 11.8 Å². The number of nitrogens with zero attached hydrogens (tertiary/aromatic N) is 1. The highest BCUT2D eigenvalue weighted by Gasteiger charge is 2.23. The number of nitrogens with one attached hydrogen (secondary N) is 1. The van der Waals surface area contributed by atoms with Crippen molar-refractivity contribution in [1.29, 1.82) is 0 Å². The number of ketones is 1. The number of Topliss-reactive ketones (excluding diaryl/α,β-unsaturated/α-hetero) is 1. The minimum atomic E-state index is -1.63.